The molecule has 0 saturated heterocycles. The number of rotatable bonds is 4. The van der Waals surface area contributed by atoms with Crippen LogP contribution in [0.1, 0.15) is 19.2 Å². The predicted octanol–water partition coefficient (Wildman–Crippen LogP) is 2.15. The molecule has 1 fully saturated rings. The van der Waals surface area contributed by atoms with E-state index in [9.17, 15) is 0 Å². The molecule has 1 aliphatic carbocycles. The molecular formula is C16H21N5. The number of aliphatic imine (C=N–C) groups is 1. The molecule has 5 nitrogen and oxygen atoms in total. The van der Waals surface area contributed by atoms with Crippen molar-refractivity contribution in [3.8, 4) is 11.3 Å². The summed E-state index contributed by atoms with van der Waals surface area (Å²) < 4.78 is 0. The lowest BCUT2D eigenvalue weighted by atomic mass is 10.2. The van der Waals surface area contributed by atoms with Gasteiger partial charge in [-0.25, -0.2) is 4.98 Å². The summed E-state index contributed by atoms with van der Waals surface area (Å²) in [6.45, 7) is 2.87. The zero-order valence-electron chi connectivity index (χ0n) is 12.4. The molecule has 0 radical (unpaired) electrons. The maximum Gasteiger partial charge on any atom is 0.191 e. The average Bonchev–Trinajstić information content (AvgIpc) is 3.02. The van der Waals surface area contributed by atoms with E-state index in [-0.39, 0.29) is 0 Å². The van der Waals surface area contributed by atoms with Crippen molar-refractivity contribution in [2.75, 3.05) is 7.05 Å². The molecule has 5 heteroatoms. The molecule has 0 aliphatic heterocycles. The van der Waals surface area contributed by atoms with Crippen molar-refractivity contribution in [3.05, 3.63) is 42.4 Å². The number of aromatic nitrogens is 2. The smallest absolute Gasteiger partial charge is 0.191 e. The first-order valence-corrected chi connectivity index (χ1v) is 7.32. The Morgan fingerprint density at radius 1 is 1.38 bits per heavy atom. The summed E-state index contributed by atoms with van der Waals surface area (Å²) in [5.74, 6) is 2.49. The number of aromatic amines is 1. The van der Waals surface area contributed by atoms with Crippen LogP contribution in [-0.4, -0.2) is 29.0 Å². The summed E-state index contributed by atoms with van der Waals surface area (Å²) in [6.07, 6.45) is 3.09. The number of nitrogens with one attached hydrogen (secondary N) is 3. The van der Waals surface area contributed by atoms with Crippen LogP contribution in [0.4, 0.5) is 0 Å². The van der Waals surface area contributed by atoms with Crippen LogP contribution in [0.5, 0.6) is 0 Å². The van der Waals surface area contributed by atoms with E-state index >= 15 is 0 Å². The van der Waals surface area contributed by atoms with Crippen LogP contribution in [0.2, 0.25) is 0 Å². The summed E-state index contributed by atoms with van der Waals surface area (Å²) >= 11 is 0. The van der Waals surface area contributed by atoms with Gasteiger partial charge in [-0.05, 0) is 17.9 Å². The highest BCUT2D eigenvalue weighted by Crippen LogP contribution is 2.28. The molecule has 2 atom stereocenters. The van der Waals surface area contributed by atoms with Gasteiger partial charge in [0, 0.05) is 13.1 Å². The minimum absolute atomic E-state index is 0.563. The molecule has 1 saturated carbocycles. The zero-order chi connectivity index (χ0) is 14.7. The number of H-pyrrole nitrogens is 1. The predicted molar refractivity (Wildman–Crippen MR) is 84.9 cm³/mol. The number of guanidine groups is 1. The van der Waals surface area contributed by atoms with Gasteiger partial charge in [0.05, 0.1) is 18.4 Å². The minimum atomic E-state index is 0.563. The maximum atomic E-state index is 4.41. The Kier molecular flexibility index (Phi) is 3.90. The largest absolute Gasteiger partial charge is 0.353 e. The van der Waals surface area contributed by atoms with Crippen LogP contribution in [0.3, 0.4) is 0 Å². The van der Waals surface area contributed by atoms with Crippen molar-refractivity contribution >= 4 is 5.96 Å². The van der Waals surface area contributed by atoms with Crippen molar-refractivity contribution in [1.82, 2.24) is 20.6 Å². The Hall–Kier alpha value is -2.30. The Balaban J connectivity index is 1.57. The molecular weight excluding hydrogens is 262 g/mol. The van der Waals surface area contributed by atoms with Crippen LogP contribution in [-0.2, 0) is 6.54 Å². The molecule has 1 aliphatic rings. The Labute approximate surface area is 124 Å². The molecule has 1 heterocycles. The molecule has 1 aromatic carbocycles. The van der Waals surface area contributed by atoms with Crippen LogP contribution >= 0.6 is 0 Å². The zero-order valence-corrected chi connectivity index (χ0v) is 12.4. The van der Waals surface area contributed by atoms with E-state index in [0.29, 0.717) is 12.6 Å². The van der Waals surface area contributed by atoms with Gasteiger partial charge in [0.1, 0.15) is 5.82 Å². The van der Waals surface area contributed by atoms with Crippen LogP contribution in [0.15, 0.2) is 41.5 Å². The molecule has 3 N–H and O–H groups in total. The van der Waals surface area contributed by atoms with E-state index in [1.54, 1.807) is 7.05 Å². The molecule has 0 spiro atoms. The molecule has 2 unspecified atom stereocenters. The third-order valence-corrected chi connectivity index (χ3v) is 3.79. The van der Waals surface area contributed by atoms with Crippen LogP contribution in [0.25, 0.3) is 11.3 Å². The molecule has 2 aromatic rings. The van der Waals surface area contributed by atoms with Gasteiger partial charge >= 0.3 is 0 Å². The second kappa shape index (κ2) is 5.99. The van der Waals surface area contributed by atoms with Crippen molar-refractivity contribution in [2.24, 2.45) is 10.9 Å². The first-order chi connectivity index (χ1) is 10.3. The minimum Gasteiger partial charge on any atom is -0.353 e. The third kappa shape index (κ3) is 3.42. The highest BCUT2D eigenvalue weighted by Gasteiger charge is 2.33. The van der Waals surface area contributed by atoms with Crippen LogP contribution < -0.4 is 10.6 Å². The first-order valence-electron chi connectivity index (χ1n) is 7.32. The SMILES string of the molecule is CN=C(NCc1ncc(-c2ccccc2)[nH]1)NC1CC1C. The van der Waals surface area contributed by atoms with E-state index in [0.717, 1.165) is 29.0 Å². The third-order valence-electron chi connectivity index (χ3n) is 3.79. The number of nitrogens with zero attached hydrogens (tertiary/aromatic N) is 2. The van der Waals surface area contributed by atoms with Crippen molar-refractivity contribution in [2.45, 2.75) is 25.9 Å². The summed E-state index contributed by atoms with van der Waals surface area (Å²) in [6, 6.07) is 10.8. The van der Waals surface area contributed by atoms with Gasteiger partial charge in [0.15, 0.2) is 5.96 Å². The lowest BCUT2D eigenvalue weighted by molar-refractivity contribution is 0.750. The molecule has 21 heavy (non-hydrogen) atoms. The topological polar surface area (TPSA) is 65.1 Å². The van der Waals surface area contributed by atoms with Crippen molar-refractivity contribution in [3.63, 3.8) is 0 Å². The van der Waals surface area contributed by atoms with E-state index in [4.69, 9.17) is 0 Å². The van der Waals surface area contributed by atoms with Gasteiger partial charge in [0.25, 0.3) is 0 Å². The monoisotopic (exact) mass is 283 g/mol. The standard InChI is InChI=1S/C16H21N5/c1-11-8-13(11)21-16(17-2)19-10-15-18-9-14(20-15)12-6-4-3-5-7-12/h3-7,9,11,13H,8,10H2,1-2H3,(H,18,20)(H2,17,19,21). The second-order valence-electron chi connectivity index (χ2n) is 5.50. The Bertz CT molecular complexity index is 617. The lowest BCUT2D eigenvalue weighted by Crippen LogP contribution is -2.38. The van der Waals surface area contributed by atoms with Crippen molar-refractivity contribution in [1.29, 1.82) is 0 Å². The van der Waals surface area contributed by atoms with E-state index in [2.05, 4.69) is 44.7 Å². The van der Waals surface area contributed by atoms with Gasteiger partial charge in [-0.15, -0.1) is 0 Å². The van der Waals surface area contributed by atoms with Gasteiger partial charge in [0.2, 0.25) is 0 Å². The van der Waals surface area contributed by atoms with Gasteiger partial charge < -0.3 is 15.6 Å². The normalized spacial score (nSPS) is 21.1. The fourth-order valence-corrected chi connectivity index (χ4v) is 2.28. The molecule has 1 aromatic heterocycles. The summed E-state index contributed by atoms with van der Waals surface area (Å²) in [5, 5.41) is 6.68. The Morgan fingerprint density at radius 3 is 2.81 bits per heavy atom. The molecule has 3 rings (SSSR count). The van der Waals surface area contributed by atoms with E-state index in [1.807, 2.05) is 24.4 Å². The Morgan fingerprint density at radius 2 is 2.14 bits per heavy atom. The number of imidazole rings is 1. The average molecular weight is 283 g/mol. The summed E-state index contributed by atoms with van der Waals surface area (Å²) in [5.41, 5.74) is 2.18. The number of hydrogen-bond acceptors (Lipinski definition) is 2. The second-order valence-corrected chi connectivity index (χ2v) is 5.50. The molecule has 0 bridgehead atoms. The molecule has 110 valence electrons. The van der Waals surface area contributed by atoms with Gasteiger partial charge in [-0.1, -0.05) is 37.3 Å². The fourth-order valence-electron chi connectivity index (χ4n) is 2.28. The lowest BCUT2D eigenvalue weighted by Gasteiger charge is -2.10. The highest BCUT2D eigenvalue weighted by atomic mass is 15.2. The van der Waals surface area contributed by atoms with Crippen LogP contribution in [0, 0.1) is 5.92 Å². The highest BCUT2D eigenvalue weighted by molar-refractivity contribution is 5.80. The quantitative estimate of drug-likeness (QED) is 0.595. The van der Waals surface area contributed by atoms with Gasteiger partial charge in [-0.3, -0.25) is 4.99 Å². The van der Waals surface area contributed by atoms with Gasteiger partial charge in [-0.2, -0.15) is 0 Å². The summed E-state index contributed by atoms with van der Waals surface area (Å²) in [4.78, 5) is 12.0. The maximum absolute atomic E-state index is 4.41. The fraction of sp³-hybridized carbons (Fsp3) is 0.375. The molecule has 0 amide bonds. The number of benzene rings is 1. The first kappa shape index (κ1) is 13.7. The summed E-state index contributed by atoms with van der Waals surface area (Å²) in [7, 11) is 1.79. The van der Waals surface area contributed by atoms with E-state index in [1.165, 1.54) is 6.42 Å². The van der Waals surface area contributed by atoms with E-state index < -0.39 is 0 Å². The van der Waals surface area contributed by atoms with Crippen molar-refractivity contribution < 1.29 is 0 Å². The number of hydrogen-bond donors (Lipinski definition) is 3.